The Hall–Kier alpha value is -1.66. The van der Waals surface area contributed by atoms with Crippen molar-refractivity contribution in [3.05, 3.63) is 29.7 Å². The van der Waals surface area contributed by atoms with Crippen LogP contribution in [0, 0.1) is 0 Å². The first-order valence-corrected chi connectivity index (χ1v) is 7.07. The van der Waals surface area contributed by atoms with Crippen molar-refractivity contribution in [3.63, 3.8) is 0 Å². The number of nitrogens with zero attached hydrogens (tertiary/aromatic N) is 2. The molecule has 100 valence electrons. The lowest BCUT2D eigenvalue weighted by Crippen LogP contribution is -2.35. The third-order valence-corrected chi connectivity index (χ3v) is 3.97. The van der Waals surface area contributed by atoms with Crippen molar-refractivity contribution in [2.45, 2.75) is 18.9 Å². The van der Waals surface area contributed by atoms with Gasteiger partial charge in [0.15, 0.2) is 0 Å². The van der Waals surface area contributed by atoms with Crippen LogP contribution in [0.3, 0.4) is 0 Å². The first-order valence-electron chi connectivity index (χ1n) is 6.19. The van der Waals surface area contributed by atoms with Gasteiger partial charge in [0.1, 0.15) is 17.0 Å². The quantitative estimate of drug-likeness (QED) is 0.908. The molecule has 1 fully saturated rings. The maximum Gasteiger partial charge on any atom is 0.273 e. The van der Waals surface area contributed by atoms with Crippen LogP contribution in [-0.2, 0) is 0 Å². The number of aliphatic hydroxyl groups excluding tert-OH is 1. The van der Waals surface area contributed by atoms with Gasteiger partial charge in [-0.3, -0.25) is 4.79 Å². The molecule has 2 aromatic rings. The molecule has 0 unspecified atom stereocenters. The van der Waals surface area contributed by atoms with E-state index < -0.39 is 0 Å². The fourth-order valence-electron chi connectivity index (χ4n) is 1.98. The van der Waals surface area contributed by atoms with Crippen LogP contribution >= 0.6 is 11.3 Å². The predicted octanol–water partition coefficient (Wildman–Crippen LogP) is 2.00. The van der Waals surface area contributed by atoms with Gasteiger partial charge in [0, 0.05) is 23.5 Å². The number of aromatic nitrogens is 1. The minimum Gasteiger partial charge on any atom is -0.472 e. The molecule has 1 saturated carbocycles. The number of carbonyl (C=O) groups is 1. The van der Waals surface area contributed by atoms with Gasteiger partial charge in [0.2, 0.25) is 0 Å². The van der Waals surface area contributed by atoms with Crippen molar-refractivity contribution < 1.29 is 14.3 Å². The number of amides is 1. The highest BCUT2D eigenvalue weighted by Gasteiger charge is 2.33. The van der Waals surface area contributed by atoms with Crippen molar-refractivity contribution in [1.29, 1.82) is 0 Å². The molecule has 0 atom stereocenters. The molecule has 0 saturated heterocycles. The number of aliphatic hydroxyl groups is 1. The highest BCUT2D eigenvalue weighted by atomic mass is 32.1. The van der Waals surface area contributed by atoms with Gasteiger partial charge in [0.25, 0.3) is 5.91 Å². The Balaban J connectivity index is 1.79. The van der Waals surface area contributed by atoms with Crippen LogP contribution in [0.2, 0.25) is 0 Å². The molecule has 1 amide bonds. The predicted molar refractivity (Wildman–Crippen MR) is 71.0 cm³/mol. The Morgan fingerprint density at radius 1 is 1.58 bits per heavy atom. The summed E-state index contributed by atoms with van der Waals surface area (Å²) in [4.78, 5) is 18.4. The third kappa shape index (κ3) is 2.54. The van der Waals surface area contributed by atoms with E-state index in [0.29, 0.717) is 12.2 Å². The first kappa shape index (κ1) is 12.4. The Morgan fingerprint density at radius 3 is 3.05 bits per heavy atom. The Morgan fingerprint density at radius 2 is 2.42 bits per heavy atom. The van der Waals surface area contributed by atoms with Gasteiger partial charge in [-0.05, 0) is 18.9 Å². The summed E-state index contributed by atoms with van der Waals surface area (Å²) in [6.45, 7) is 0.364. The van der Waals surface area contributed by atoms with E-state index >= 15 is 0 Å². The van der Waals surface area contributed by atoms with Gasteiger partial charge in [0.05, 0.1) is 12.9 Å². The van der Waals surface area contributed by atoms with Gasteiger partial charge in [-0.25, -0.2) is 4.98 Å². The molecule has 6 heteroatoms. The van der Waals surface area contributed by atoms with Gasteiger partial charge in [-0.15, -0.1) is 11.3 Å². The minimum absolute atomic E-state index is 0.0129. The van der Waals surface area contributed by atoms with Crippen LogP contribution in [0.1, 0.15) is 23.3 Å². The zero-order chi connectivity index (χ0) is 13.2. The molecule has 0 bridgehead atoms. The Labute approximate surface area is 114 Å². The summed E-state index contributed by atoms with van der Waals surface area (Å²) in [5.74, 6) is -0.0949. The highest BCUT2D eigenvalue weighted by Crippen LogP contribution is 2.29. The lowest BCUT2D eigenvalue weighted by molar-refractivity contribution is 0.0702. The second kappa shape index (κ2) is 5.14. The van der Waals surface area contributed by atoms with Crippen LogP contribution in [0.4, 0.5) is 0 Å². The van der Waals surface area contributed by atoms with Crippen molar-refractivity contribution in [2.24, 2.45) is 0 Å². The summed E-state index contributed by atoms with van der Waals surface area (Å²) in [7, 11) is 0. The molecular weight excluding hydrogens is 264 g/mol. The topological polar surface area (TPSA) is 66.6 Å². The highest BCUT2D eigenvalue weighted by molar-refractivity contribution is 7.13. The number of hydrogen-bond donors (Lipinski definition) is 1. The standard InChI is InChI=1S/C13H14N2O3S/c16-5-4-15(10-1-2-10)13(17)11-8-19-12(14-11)9-3-6-18-7-9/h3,6-8,10,16H,1-2,4-5H2. The second-order valence-corrected chi connectivity index (χ2v) is 5.36. The molecule has 0 radical (unpaired) electrons. The molecule has 0 spiro atoms. The second-order valence-electron chi connectivity index (χ2n) is 4.50. The number of hydrogen-bond acceptors (Lipinski definition) is 5. The fourth-order valence-corrected chi connectivity index (χ4v) is 2.76. The van der Waals surface area contributed by atoms with Gasteiger partial charge in [-0.2, -0.15) is 0 Å². The molecule has 1 aliphatic carbocycles. The third-order valence-electron chi connectivity index (χ3n) is 3.08. The molecule has 2 heterocycles. The van der Waals surface area contributed by atoms with Crippen LogP contribution in [0.25, 0.3) is 10.6 Å². The van der Waals surface area contributed by atoms with E-state index in [1.807, 2.05) is 6.07 Å². The van der Waals surface area contributed by atoms with Crippen LogP contribution < -0.4 is 0 Å². The maximum atomic E-state index is 12.3. The number of rotatable bonds is 5. The van der Waals surface area contributed by atoms with E-state index in [0.717, 1.165) is 23.4 Å². The molecule has 5 nitrogen and oxygen atoms in total. The molecule has 3 rings (SSSR count). The largest absolute Gasteiger partial charge is 0.472 e. The van der Waals surface area contributed by atoms with Crippen molar-refractivity contribution >= 4 is 17.2 Å². The number of carbonyl (C=O) groups excluding carboxylic acids is 1. The molecular formula is C13H14N2O3S. The monoisotopic (exact) mass is 278 g/mol. The van der Waals surface area contributed by atoms with E-state index in [9.17, 15) is 4.79 Å². The minimum atomic E-state index is -0.0949. The number of thiazole rings is 1. The van der Waals surface area contributed by atoms with Gasteiger partial charge >= 0.3 is 0 Å². The average molecular weight is 278 g/mol. The lowest BCUT2D eigenvalue weighted by Gasteiger charge is -2.19. The fraction of sp³-hybridized carbons (Fsp3) is 0.385. The first-order chi connectivity index (χ1) is 9.29. The van der Waals surface area contributed by atoms with E-state index in [1.165, 1.54) is 11.3 Å². The summed E-state index contributed by atoms with van der Waals surface area (Å²) >= 11 is 1.42. The van der Waals surface area contributed by atoms with Gasteiger partial charge in [-0.1, -0.05) is 0 Å². The zero-order valence-corrected chi connectivity index (χ0v) is 11.1. The summed E-state index contributed by atoms with van der Waals surface area (Å²) < 4.78 is 5.01. The van der Waals surface area contributed by atoms with E-state index in [-0.39, 0.29) is 18.6 Å². The van der Waals surface area contributed by atoms with E-state index in [1.54, 1.807) is 22.8 Å². The average Bonchev–Trinajstić information content (AvgIpc) is 2.95. The molecule has 0 aliphatic heterocycles. The van der Waals surface area contributed by atoms with Crippen LogP contribution in [0.5, 0.6) is 0 Å². The van der Waals surface area contributed by atoms with E-state index in [2.05, 4.69) is 4.98 Å². The maximum absolute atomic E-state index is 12.3. The molecule has 2 aromatic heterocycles. The Bertz CT molecular complexity index is 560. The molecule has 1 N–H and O–H groups in total. The smallest absolute Gasteiger partial charge is 0.273 e. The molecule has 19 heavy (non-hydrogen) atoms. The number of furan rings is 1. The van der Waals surface area contributed by atoms with Crippen LogP contribution in [0.15, 0.2) is 28.4 Å². The van der Waals surface area contributed by atoms with Gasteiger partial charge < -0.3 is 14.4 Å². The summed E-state index contributed by atoms with van der Waals surface area (Å²) in [5.41, 5.74) is 1.32. The molecule has 1 aliphatic rings. The van der Waals surface area contributed by atoms with Crippen molar-refractivity contribution in [2.75, 3.05) is 13.2 Å². The zero-order valence-electron chi connectivity index (χ0n) is 10.3. The van der Waals surface area contributed by atoms with Crippen molar-refractivity contribution in [3.8, 4) is 10.6 Å². The molecule has 0 aromatic carbocycles. The Kier molecular flexibility index (Phi) is 3.35. The van der Waals surface area contributed by atoms with Crippen LogP contribution in [-0.4, -0.2) is 40.1 Å². The SMILES string of the molecule is O=C(c1csc(-c2ccoc2)n1)N(CCO)C1CC1. The normalized spacial score (nSPS) is 14.6. The summed E-state index contributed by atoms with van der Waals surface area (Å²) in [6, 6.07) is 2.10. The van der Waals surface area contributed by atoms with E-state index in [4.69, 9.17) is 9.52 Å². The summed E-state index contributed by atoms with van der Waals surface area (Å²) in [6.07, 6.45) is 5.23. The lowest BCUT2D eigenvalue weighted by atomic mass is 10.3. The summed E-state index contributed by atoms with van der Waals surface area (Å²) in [5, 5.41) is 11.6. The van der Waals surface area contributed by atoms with Crippen molar-refractivity contribution in [1.82, 2.24) is 9.88 Å².